The number of ether oxygens (including phenoxy) is 1. The van der Waals surface area contributed by atoms with Gasteiger partial charge in [-0.15, -0.1) is 0 Å². The van der Waals surface area contributed by atoms with Crippen LogP contribution in [0.4, 0.5) is 5.69 Å². The van der Waals surface area contributed by atoms with Crippen LogP contribution in [0.1, 0.15) is 18.4 Å². The lowest BCUT2D eigenvalue weighted by Gasteiger charge is -2.38. The quantitative estimate of drug-likeness (QED) is 0.540. The predicted molar refractivity (Wildman–Crippen MR) is 139 cm³/mol. The molecule has 0 spiro atoms. The van der Waals surface area contributed by atoms with Crippen molar-refractivity contribution >= 4 is 27.5 Å². The first kappa shape index (κ1) is 25.0. The average Bonchev–Trinajstić information content (AvgIpc) is 2.96. The number of nitrogens with one attached hydrogen (secondary N) is 1. The largest absolute Gasteiger partial charge is 0.477 e. The fourth-order valence-electron chi connectivity index (χ4n) is 4.78. The summed E-state index contributed by atoms with van der Waals surface area (Å²) in [7, 11) is -3.60. The van der Waals surface area contributed by atoms with Crippen molar-refractivity contribution in [3.63, 3.8) is 0 Å². The van der Waals surface area contributed by atoms with Gasteiger partial charge < -0.3 is 15.0 Å². The van der Waals surface area contributed by atoms with E-state index in [1.807, 2.05) is 36.4 Å². The Balaban J connectivity index is 1.27. The summed E-state index contributed by atoms with van der Waals surface area (Å²) in [6.45, 7) is 0.990. The van der Waals surface area contributed by atoms with Crippen LogP contribution in [0.2, 0.25) is 0 Å². The molecule has 1 N–H and O–H groups in total. The first-order valence-corrected chi connectivity index (χ1v) is 13.8. The van der Waals surface area contributed by atoms with E-state index in [9.17, 15) is 18.0 Å². The normalized spacial score (nSPS) is 18.5. The molecule has 2 amide bonds. The van der Waals surface area contributed by atoms with Crippen molar-refractivity contribution in [3.05, 3.63) is 90.5 Å². The molecule has 0 unspecified atom stereocenters. The maximum absolute atomic E-state index is 13.7. The van der Waals surface area contributed by atoms with Crippen LogP contribution in [-0.4, -0.2) is 50.3 Å². The van der Waals surface area contributed by atoms with E-state index in [-0.39, 0.29) is 42.3 Å². The Hall–Kier alpha value is -3.69. The number of hydrogen-bond acceptors (Lipinski definition) is 5. The fourth-order valence-corrected chi connectivity index (χ4v) is 6.27. The van der Waals surface area contributed by atoms with Gasteiger partial charge in [0.2, 0.25) is 15.9 Å². The molecule has 1 atom stereocenters. The number of hydrogen-bond donors (Lipinski definition) is 1. The first-order valence-electron chi connectivity index (χ1n) is 12.4. The lowest BCUT2D eigenvalue weighted by molar-refractivity contribution is -0.129. The Labute approximate surface area is 216 Å². The average molecular weight is 520 g/mol. The summed E-state index contributed by atoms with van der Waals surface area (Å²) < 4.78 is 33.4. The number of piperidine rings is 1. The van der Waals surface area contributed by atoms with Gasteiger partial charge in [0.25, 0.3) is 5.91 Å². The number of fused-ring (bicyclic) bond motifs is 1. The lowest BCUT2D eigenvalue weighted by atomic mass is 9.95. The summed E-state index contributed by atoms with van der Waals surface area (Å²) in [5, 5.41) is 2.90. The highest BCUT2D eigenvalue weighted by atomic mass is 32.2. The molecule has 1 fully saturated rings. The van der Waals surface area contributed by atoms with Crippen LogP contribution >= 0.6 is 0 Å². The zero-order valence-electron chi connectivity index (χ0n) is 20.3. The van der Waals surface area contributed by atoms with Gasteiger partial charge in [-0.1, -0.05) is 60.7 Å². The van der Waals surface area contributed by atoms with Crippen LogP contribution in [0.5, 0.6) is 5.75 Å². The van der Waals surface area contributed by atoms with Gasteiger partial charge in [0.1, 0.15) is 5.75 Å². The Morgan fingerprint density at radius 3 is 2.19 bits per heavy atom. The van der Waals surface area contributed by atoms with Crippen molar-refractivity contribution in [3.8, 4) is 5.75 Å². The second kappa shape index (κ2) is 10.7. The molecule has 0 aromatic heterocycles. The molecule has 0 bridgehead atoms. The van der Waals surface area contributed by atoms with Gasteiger partial charge in [0, 0.05) is 25.6 Å². The number of amides is 2. The smallest absolute Gasteiger partial charge is 0.263 e. The molecule has 0 radical (unpaired) electrons. The molecular formula is C28H29N3O5S. The van der Waals surface area contributed by atoms with E-state index in [2.05, 4.69) is 5.32 Å². The molecule has 3 aromatic rings. The molecule has 9 heteroatoms. The molecule has 3 aromatic carbocycles. The van der Waals surface area contributed by atoms with Crippen molar-refractivity contribution in [1.82, 2.24) is 9.62 Å². The van der Waals surface area contributed by atoms with E-state index in [1.165, 1.54) is 4.31 Å². The summed E-state index contributed by atoms with van der Waals surface area (Å²) in [6.07, 6.45) is -0.0222. The third-order valence-corrected chi connectivity index (χ3v) is 8.74. The van der Waals surface area contributed by atoms with E-state index in [4.69, 9.17) is 4.74 Å². The van der Waals surface area contributed by atoms with E-state index in [0.717, 1.165) is 5.56 Å². The number of anilines is 1. The maximum atomic E-state index is 13.7. The summed E-state index contributed by atoms with van der Waals surface area (Å²) in [6, 6.07) is 25.1. The van der Waals surface area contributed by atoms with Crippen molar-refractivity contribution in [2.75, 3.05) is 24.5 Å². The topological polar surface area (TPSA) is 96.0 Å². The van der Waals surface area contributed by atoms with Crippen molar-refractivity contribution in [2.45, 2.75) is 30.4 Å². The number of sulfonamides is 1. The number of carbonyl (C=O) groups is 2. The minimum absolute atomic E-state index is 0.0962. The summed E-state index contributed by atoms with van der Waals surface area (Å²) in [4.78, 5) is 28.5. The molecule has 8 nitrogen and oxygen atoms in total. The molecule has 0 saturated carbocycles. The third kappa shape index (κ3) is 5.38. The zero-order valence-corrected chi connectivity index (χ0v) is 21.1. The van der Waals surface area contributed by atoms with Crippen LogP contribution in [0.3, 0.4) is 0 Å². The summed E-state index contributed by atoms with van der Waals surface area (Å²) >= 11 is 0. The number of para-hydroxylation sites is 2. The van der Waals surface area contributed by atoms with E-state index < -0.39 is 16.1 Å². The van der Waals surface area contributed by atoms with E-state index in [1.54, 1.807) is 53.4 Å². The molecular weight excluding hydrogens is 490 g/mol. The molecule has 2 aliphatic heterocycles. The van der Waals surface area contributed by atoms with E-state index >= 15 is 0 Å². The number of carbonyl (C=O) groups excluding carboxylic acids is 2. The highest BCUT2D eigenvalue weighted by Crippen LogP contribution is 2.35. The summed E-state index contributed by atoms with van der Waals surface area (Å²) in [5.74, 6) is -0.277. The van der Waals surface area contributed by atoms with Crippen LogP contribution < -0.4 is 15.0 Å². The minimum atomic E-state index is -3.60. The van der Waals surface area contributed by atoms with Crippen LogP contribution in [0, 0.1) is 5.92 Å². The summed E-state index contributed by atoms with van der Waals surface area (Å²) in [5.41, 5.74) is 1.59. The molecule has 5 rings (SSSR count). The molecule has 0 aliphatic carbocycles. The Kier molecular flexibility index (Phi) is 7.25. The second-order valence-corrected chi connectivity index (χ2v) is 11.2. The molecule has 2 aliphatic rings. The minimum Gasteiger partial charge on any atom is -0.477 e. The van der Waals surface area contributed by atoms with Gasteiger partial charge in [0.15, 0.2) is 6.10 Å². The van der Waals surface area contributed by atoms with Crippen LogP contribution in [0.15, 0.2) is 89.8 Å². The van der Waals surface area contributed by atoms with E-state index in [0.29, 0.717) is 30.8 Å². The van der Waals surface area contributed by atoms with Crippen molar-refractivity contribution < 1.29 is 22.7 Å². The zero-order chi connectivity index (χ0) is 25.8. The lowest BCUT2D eigenvalue weighted by Crippen LogP contribution is -2.53. The van der Waals surface area contributed by atoms with Crippen LogP contribution in [-0.2, 0) is 26.2 Å². The van der Waals surface area contributed by atoms with Crippen LogP contribution in [0.25, 0.3) is 0 Å². The van der Waals surface area contributed by atoms with Gasteiger partial charge in [-0.2, -0.15) is 4.31 Å². The van der Waals surface area contributed by atoms with Gasteiger partial charge in [-0.3, -0.25) is 9.59 Å². The Morgan fingerprint density at radius 1 is 0.865 bits per heavy atom. The Bertz CT molecular complexity index is 1360. The van der Waals surface area contributed by atoms with Gasteiger partial charge in [-0.25, -0.2) is 8.42 Å². The second-order valence-electron chi connectivity index (χ2n) is 9.22. The van der Waals surface area contributed by atoms with Gasteiger partial charge in [-0.05, 0) is 42.7 Å². The maximum Gasteiger partial charge on any atom is 0.263 e. The third-order valence-electron chi connectivity index (χ3n) is 6.83. The molecule has 1 saturated heterocycles. The fraction of sp³-hybridized carbons (Fsp3) is 0.286. The van der Waals surface area contributed by atoms with Crippen molar-refractivity contribution in [1.29, 1.82) is 0 Å². The molecule has 2 heterocycles. The highest BCUT2D eigenvalue weighted by molar-refractivity contribution is 7.89. The highest BCUT2D eigenvalue weighted by Gasteiger charge is 2.38. The Morgan fingerprint density at radius 2 is 1.49 bits per heavy atom. The van der Waals surface area contributed by atoms with Gasteiger partial charge >= 0.3 is 0 Å². The van der Waals surface area contributed by atoms with Gasteiger partial charge in [0.05, 0.1) is 17.1 Å². The standard InChI is InChI=1S/C28H29N3O5S/c32-27(29-19-21-9-3-1-4-10-21)26-20-31(24-13-7-8-14-25(24)36-26)28(33)22-15-17-30(18-16-22)37(34,35)23-11-5-2-6-12-23/h1-14,22,26H,15-20H2,(H,29,32)/t26-/m1/s1. The number of nitrogens with zero attached hydrogens (tertiary/aromatic N) is 2. The monoisotopic (exact) mass is 519 g/mol. The SMILES string of the molecule is O=C(NCc1ccccc1)[C@H]1CN(C(=O)C2CCN(S(=O)(=O)c3ccccc3)CC2)c2ccccc2O1. The molecule has 192 valence electrons. The number of rotatable bonds is 6. The first-order chi connectivity index (χ1) is 17.9. The number of benzene rings is 3. The predicted octanol–water partition coefficient (Wildman–Crippen LogP) is 3.20. The van der Waals surface area contributed by atoms with Crippen molar-refractivity contribution in [2.24, 2.45) is 5.92 Å². The molecule has 37 heavy (non-hydrogen) atoms.